The predicted molar refractivity (Wildman–Crippen MR) is 86.7 cm³/mol. The highest BCUT2D eigenvalue weighted by Gasteiger charge is 2.28. The maximum Gasteiger partial charge on any atom is 0.409 e. The van der Waals surface area contributed by atoms with Gasteiger partial charge in [-0.25, -0.2) is 4.79 Å². The third kappa shape index (κ3) is 3.12. The van der Waals surface area contributed by atoms with Crippen molar-refractivity contribution in [2.75, 3.05) is 27.3 Å². The number of fused-ring (bicyclic) bond motifs is 1. The van der Waals surface area contributed by atoms with Crippen molar-refractivity contribution in [3.63, 3.8) is 0 Å². The van der Waals surface area contributed by atoms with Crippen LogP contribution in [0.25, 0.3) is 11.0 Å². The van der Waals surface area contributed by atoms with Gasteiger partial charge in [-0.3, -0.25) is 0 Å². The Morgan fingerprint density at radius 1 is 1.43 bits per heavy atom. The number of rotatable bonds is 4. The van der Waals surface area contributed by atoms with E-state index in [0.717, 1.165) is 28.9 Å². The lowest BCUT2D eigenvalue weighted by Gasteiger charge is -2.18. The van der Waals surface area contributed by atoms with Crippen LogP contribution < -0.4 is 10.1 Å². The number of amides is 1. The second-order valence-electron chi connectivity index (χ2n) is 5.82. The minimum Gasteiger partial charge on any atom is -0.493 e. The van der Waals surface area contributed by atoms with E-state index < -0.39 is 0 Å². The van der Waals surface area contributed by atoms with Crippen LogP contribution in [0.15, 0.2) is 28.7 Å². The lowest BCUT2D eigenvalue weighted by molar-refractivity contribution is 0.132. The first-order valence-corrected chi connectivity index (χ1v) is 7.77. The molecule has 0 unspecified atom stereocenters. The van der Waals surface area contributed by atoms with E-state index >= 15 is 0 Å². The molecule has 0 saturated carbocycles. The molecule has 3 rings (SSSR count). The fourth-order valence-corrected chi connectivity index (χ4v) is 3.06. The van der Waals surface area contributed by atoms with Gasteiger partial charge in [0.15, 0.2) is 11.3 Å². The number of likely N-dealkylation sites (tertiary alicyclic amines) is 1. The maximum atomic E-state index is 11.5. The van der Waals surface area contributed by atoms with Crippen LogP contribution in [0, 0.1) is 0 Å². The van der Waals surface area contributed by atoms with Gasteiger partial charge in [-0.1, -0.05) is 12.1 Å². The number of furan rings is 1. The lowest BCUT2D eigenvalue weighted by Crippen LogP contribution is -2.36. The predicted octanol–water partition coefficient (Wildman–Crippen LogP) is 2.93. The van der Waals surface area contributed by atoms with E-state index in [0.29, 0.717) is 13.1 Å². The van der Waals surface area contributed by atoms with E-state index in [2.05, 4.69) is 12.2 Å². The molecule has 0 bridgehead atoms. The van der Waals surface area contributed by atoms with Gasteiger partial charge < -0.3 is 24.1 Å². The molecule has 124 valence electrons. The Morgan fingerprint density at radius 3 is 3.00 bits per heavy atom. The van der Waals surface area contributed by atoms with Crippen LogP contribution in [0.2, 0.25) is 0 Å². The fraction of sp³-hybridized carbons (Fsp3) is 0.471. The Labute approximate surface area is 135 Å². The van der Waals surface area contributed by atoms with Crippen LogP contribution in [0.3, 0.4) is 0 Å². The molecule has 1 saturated heterocycles. The number of ether oxygens (including phenoxy) is 2. The third-order valence-electron chi connectivity index (χ3n) is 4.28. The number of para-hydroxylation sites is 1. The van der Waals surface area contributed by atoms with Gasteiger partial charge in [-0.2, -0.15) is 0 Å². The van der Waals surface area contributed by atoms with E-state index in [1.54, 1.807) is 12.0 Å². The smallest absolute Gasteiger partial charge is 0.409 e. The molecule has 2 heterocycles. The van der Waals surface area contributed by atoms with E-state index in [1.807, 2.05) is 24.3 Å². The monoisotopic (exact) mass is 318 g/mol. The average molecular weight is 318 g/mol. The van der Waals surface area contributed by atoms with Crippen LogP contribution in [0.1, 0.15) is 25.1 Å². The van der Waals surface area contributed by atoms with E-state index in [1.165, 1.54) is 7.11 Å². The number of carbonyl (C=O) groups is 1. The molecule has 1 fully saturated rings. The summed E-state index contributed by atoms with van der Waals surface area (Å²) in [7, 11) is 3.05. The molecule has 1 aliphatic rings. The molecule has 1 aliphatic heterocycles. The number of nitrogens with zero attached hydrogens (tertiary/aromatic N) is 1. The molecule has 0 radical (unpaired) electrons. The van der Waals surface area contributed by atoms with Crippen LogP contribution in [0.4, 0.5) is 4.79 Å². The molecule has 1 aromatic heterocycles. The van der Waals surface area contributed by atoms with Crippen molar-refractivity contribution in [2.45, 2.75) is 25.4 Å². The summed E-state index contributed by atoms with van der Waals surface area (Å²) in [5.41, 5.74) is 0.765. The Bertz CT molecular complexity index is 697. The Balaban J connectivity index is 1.69. The van der Waals surface area contributed by atoms with Crippen molar-refractivity contribution in [2.24, 2.45) is 0 Å². The molecule has 6 nitrogen and oxygen atoms in total. The summed E-state index contributed by atoms with van der Waals surface area (Å²) in [5, 5.41) is 4.54. The summed E-state index contributed by atoms with van der Waals surface area (Å²) in [6.45, 7) is 3.43. The highest BCUT2D eigenvalue weighted by atomic mass is 16.5. The molecule has 1 amide bonds. The van der Waals surface area contributed by atoms with Gasteiger partial charge in [-0.15, -0.1) is 0 Å². The van der Waals surface area contributed by atoms with Crippen molar-refractivity contribution >= 4 is 17.1 Å². The molecule has 1 aromatic carbocycles. The first-order valence-electron chi connectivity index (χ1n) is 7.77. The van der Waals surface area contributed by atoms with E-state index in [4.69, 9.17) is 13.9 Å². The van der Waals surface area contributed by atoms with Crippen LogP contribution in [0.5, 0.6) is 5.75 Å². The summed E-state index contributed by atoms with van der Waals surface area (Å²) in [5.74, 6) is 1.60. The maximum absolute atomic E-state index is 11.5. The normalized spacial score (nSPS) is 19.1. The van der Waals surface area contributed by atoms with Gasteiger partial charge in [0, 0.05) is 24.5 Å². The zero-order valence-electron chi connectivity index (χ0n) is 13.7. The molecular weight excluding hydrogens is 296 g/mol. The number of methoxy groups -OCH3 is 2. The van der Waals surface area contributed by atoms with Crippen LogP contribution in [-0.2, 0) is 4.74 Å². The van der Waals surface area contributed by atoms with Gasteiger partial charge in [-0.05, 0) is 25.5 Å². The standard InChI is InChI=1S/C17H22N2O4/c1-11(18-13-7-8-19(10-13)17(20)22-3)15-9-12-5-4-6-14(21-2)16(12)23-15/h4-6,9,11,13,18H,7-8,10H2,1-3H3/t11-,13+/m0/s1. The quantitative estimate of drug-likeness (QED) is 0.939. The summed E-state index contributed by atoms with van der Waals surface area (Å²) < 4.78 is 16.1. The fourth-order valence-electron chi connectivity index (χ4n) is 3.06. The van der Waals surface area contributed by atoms with Crippen LogP contribution in [-0.4, -0.2) is 44.3 Å². The first-order chi connectivity index (χ1) is 11.1. The van der Waals surface area contributed by atoms with Crippen molar-refractivity contribution in [3.05, 3.63) is 30.0 Å². The average Bonchev–Trinajstić information content (AvgIpc) is 3.20. The number of carbonyl (C=O) groups excluding carboxylic acids is 1. The van der Waals surface area contributed by atoms with E-state index in [9.17, 15) is 4.79 Å². The van der Waals surface area contributed by atoms with Crippen molar-refractivity contribution in [3.8, 4) is 5.75 Å². The van der Waals surface area contributed by atoms with Gasteiger partial charge in [0.1, 0.15) is 5.76 Å². The molecule has 0 aliphatic carbocycles. The van der Waals surface area contributed by atoms with Crippen molar-refractivity contribution in [1.82, 2.24) is 10.2 Å². The second kappa shape index (κ2) is 6.50. The van der Waals surface area contributed by atoms with Gasteiger partial charge >= 0.3 is 6.09 Å². The van der Waals surface area contributed by atoms with Gasteiger partial charge in [0.2, 0.25) is 0 Å². The SMILES string of the molecule is COC(=O)N1CC[C@@H](N[C@@H](C)c2cc3cccc(OC)c3o2)C1. The van der Waals surface area contributed by atoms with Crippen LogP contribution >= 0.6 is 0 Å². The molecular formula is C17H22N2O4. The zero-order chi connectivity index (χ0) is 16.4. The summed E-state index contributed by atoms with van der Waals surface area (Å²) in [4.78, 5) is 13.3. The number of benzene rings is 1. The Kier molecular flexibility index (Phi) is 4.43. The molecule has 1 N–H and O–H groups in total. The highest BCUT2D eigenvalue weighted by molar-refractivity contribution is 5.83. The van der Waals surface area contributed by atoms with Crippen molar-refractivity contribution in [1.29, 1.82) is 0 Å². The first kappa shape index (κ1) is 15.7. The number of hydrogen-bond acceptors (Lipinski definition) is 5. The zero-order valence-corrected chi connectivity index (χ0v) is 13.7. The minimum absolute atomic E-state index is 0.0507. The van der Waals surface area contributed by atoms with Crippen molar-refractivity contribution < 1.29 is 18.7 Å². The largest absolute Gasteiger partial charge is 0.493 e. The lowest BCUT2D eigenvalue weighted by atomic mass is 10.1. The van der Waals surface area contributed by atoms with Gasteiger partial charge in [0.25, 0.3) is 0 Å². The highest BCUT2D eigenvalue weighted by Crippen LogP contribution is 2.31. The number of hydrogen-bond donors (Lipinski definition) is 1. The third-order valence-corrected chi connectivity index (χ3v) is 4.28. The summed E-state index contributed by atoms with van der Waals surface area (Å²) >= 11 is 0. The summed E-state index contributed by atoms with van der Waals surface area (Å²) in [6, 6.07) is 8.16. The van der Waals surface area contributed by atoms with E-state index in [-0.39, 0.29) is 18.2 Å². The molecule has 6 heteroatoms. The molecule has 2 aromatic rings. The number of nitrogens with one attached hydrogen (secondary N) is 1. The summed E-state index contributed by atoms with van der Waals surface area (Å²) in [6.07, 6.45) is 0.638. The topological polar surface area (TPSA) is 63.9 Å². The minimum atomic E-state index is -0.268. The molecule has 23 heavy (non-hydrogen) atoms. The molecule has 2 atom stereocenters. The Hall–Kier alpha value is -2.21. The Morgan fingerprint density at radius 2 is 2.26 bits per heavy atom. The van der Waals surface area contributed by atoms with Gasteiger partial charge in [0.05, 0.1) is 20.3 Å². The second-order valence-corrected chi connectivity index (χ2v) is 5.82. The molecule has 0 spiro atoms.